The van der Waals surface area contributed by atoms with Crippen LogP contribution in [0.3, 0.4) is 0 Å². The van der Waals surface area contributed by atoms with E-state index in [1.165, 1.54) is 24.1 Å². The fraction of sp³-hybridized carbons (Fsp3) is 0.248. The molecule has 646 valence electrons. The lowest BCUT2D eigenvalue weighted by Gasteiger charge is -2.31. The van der Waals surface area contributed by atoms with E-state index < -0.39 is 11.8 Å². The number of aromatic nitrogens is 6. The van der Waals surface area contributed by atoms with Crippen LogP contribution in [0.15, 0.2) is 256 Å². The summed E-state index contributed by atoms with van der Waals surface area (Å²) in [5.74, 6) is 2.76. The van der Waals surface area contributed by atoms with E-state index in [-0.39, 0.29) is 66.5 Å². The molecule has 6 N–H and O–H groups in total. The average molecular weight is 1710 g/mol. The number of benzene rings is 8. The Labute approximate surface area is 742 Å². The Bertz CT molecular complexity index is 6580. The quantitative estimate of drug-likeness (QED) is 0.0490. The molecule has 6 aromatic heterocycles. The second kappa shape index (κ2) is 39.5. The number of likely N-dealkylation sites (tertiary alicyclic amines) is 1. The number of carbonyl (C=O) groups excluding carboxylic acids is 7. The van der Waals surface area contributed by atoms with E-state index >= 15 is 0 Å². The van der Waals surface area contributed by atoms with Crippen molar-refractivity contribution in [3.05, 3.63) is 312 Å². The maximum absolute atomic E-state index is 12.2. The molecular weight excluding hydrogens is 1610 g/mol. The molecule has 0 spiro atoms. The SMILES string of the molecule is C=C1CCCCN1Cc1ccc(-c2cc(OCc3ncccc3C(N)=O)c3cccnc3c2)cc1.CC(=O)N(C)Cc1ccc(-c2cc(O[C@H](C)[C@H]3CNC(=O)C3)c3cccnc3c2)cc1.C[C@@H](Oc1cc(-c2ccc3c(c2)CCCC3=O)cc2ncccc12)[C@H]1CNC(=O)C1.NC(=O)c1cccnc1COc1cc(-c2ccc3c(c2)CCCC3=O)cc2ncccc12. The topological polar surface area (TPSA) is 316 Å². The minimum absolute atomic E-state index is 0.0414. The van der Waals surface area contributed by atoms with Crippen LogP contribution in [0.25, 0.3) is 88.1 Å². The van der Waals surface area contributed by atoms with Crippen LogP contribution in [0.1, 0.15) is 154 Å². The van der Waals surface area contributed by atoms with Crippen molar-refractivity contribution < 1.29 is 52.5 Å². The molecule has 2 aliphatic carbocycles. The van der Waals surface area contributed by atoms with E-state index in [1.54, 1.807) is 80.3 Å². The lowest BCUT2D eigenvalue weighted by molar-refractivity contribution is -0.128. The Morgan fingerprint density at radius 2 is 0.828 bits per heavy atom. The molecule has 0 bridgehead atoms. The molecule has 0 unspecified atom stereocenters. The third kappa shape index (κ3) is 20.5. The Morgan fingerprint density at radius 3 is 1.23 bits per heavy atom. The number of amides is 5. The fourth-order valence-corrected chi connectivity index (χ4v) is 17.1. The molecule has 14 aromatic rings. The van der Waals surface area contributed by atoms with Crippen LogP contribution in [-0.2, 0) is 53.5 Å². The van der Waals surface area contributed by atoms with Crippen molar-refractivity contribution in [3.63, 3.8) is 0 Å². The number of piperidine rings is 1. The molecule has 23 nitrogen and oxygen atoms in total. The Kier molecular flexibility index (Phi) is 26.8. The molecule has 3 aliphatic heterocycles. The summed E-state index contributed by atoms with van der Waals surface area (Å²) in [6.07, 6.45) is 19.5. The predicted octanol–water partition coefficient (Wildman–Crippen LogP) is 18.1. The van der Waals surface area contributed by atoms with Crippen molar-refractivity contribution in [3.8, 4) is 67.5 Å². The fourth-order valence-electron chi connectivity index (χ4n) is 17.1. The molecule has 9 heterocycles. The molecule has 8 aromatic carbocycles. The highest BCUT2D eigenvalue weighted by molar-refractivity contribution is 6.01. The molecule has 128 heavy (non-hydrogen) atoms. The van der Waals surface area contributed by atoms with Gasteiger partial charge in [-0.2, -0.15) is 0 Å². The Hall–Kier alpha value is -14.9. The molecule has 23 heteroatoms. The van der Waals surface area contributed by atoms with E-state index in [4.69, 9.17) is 30.4 Å². The summed E-state index contributed by atoms with van der Waals surface area (Å²) < 4.78 is 25.0. The van der Waals surface area contributed by atoms with Crippen LogP contribution in [0.4, 0.5) is 0 Å². The number of fused-ring (bicyclic) bond motifs is 6. The number of rotatable bonds is 22. The highest BCUT2D eigenvalue weighted by Gasteiger charge is 2.31. The minimum atomic E-state index is -0.541. The van der Waals surface area contributed by atoms with E-state index in [0.717, 1.165) is 173 Å². The van der Waals surface area contributed by atoms with Crippen LogP contribution >= 0.6 is 0 Å². The molecule has 5 aliphatic rings. The first kappa shape index (κ1) is 86.6. The highest BCUT2D eigenvalue weighted by atomic mass is 16.5. The summed E-state index contributed by atoms with van der Waals surface area (Å²) >= 11 is 0. The number of allylic oxidation sites excluding steroid dienone is 1. The van der Waals surface area contributed by atoms with Gasteiger partial charge in [-0.05, 0) is 247 Å². The van der Waals surface area contributed by atoms with Crippen molar-refractivity contribution >= 4 is 84.7 Å². The first-order valence-electron chi connectivity index (χ1n) is 43.5. The third-order valence-electron chi connectivity index (χ3n) is 24.4. The lowest BCUT2D eigenvalue weighted by Crippen LogP contribution is -2.26. The summed E-state index contributed by atoms with van der Waals surface area (Å²) in [4.78, 5) is 113. The third-order valence-corrected chi connectivity index (χ3v) is 24.4. The van der Waals surface area contributed by atoms with Crippen LogP contribution < -0.4 is 41.0 Å². The number of nitrogens with two attached hydrogens (primary N) is 2. The molecule has 0 saturated carbocycles. The van der Waals surface area contributed by atoms with Gasteiger partial charge < -0.3 is 50.8 Å². The number of primary amides is 2. The molecule has 19 rings (SSSR count). The van der Waals surface area contributed by atoms with Gasteiger partial charge in [-0.3, -0.25) is 63.5 Å². The minimum Gasteiger partial charge on any atom is -0.490 e. The number of carbonyl (C=O) groups is 7. The number of ether oxygens (including phenoxy) is 4. The van der Waals surface area contributed by atoms with E-state index in [9.17, 15) is 33.6 Å². The summed E-state index contributed by atoms with van der Waals surface area (Å²) in [5.41, 5.74) is 31.7. The first-order valence-corrected chi connectivity index (χ1v) is 43.5. The second-order valence-electron chi connectivity index (χ2n) is 33.2. The Balaban J connectivity index is 0.000000125. The number of pyridine rings is 6. The summed E-state index contributed by atoms with van der Waals surface area (Å²) in [7, 11) is 1.80. The zero-order valence-corrected chi connectivity index (χ0v) is 72.1. The molecule has 5 amide bonds. The number of nitrogens with one attached hydrogen (secondary N) is 2. The molecule has 4 atom stereocenters. The molecule has 0 radical (unpaired) electrons. The zero-order chi connectivity index (χ0) is 88.9. The number of aryl methyl sites for hydroxylation is 2. The average Bonchev–Trinajstić information content (AvgIpc) is 0.858. The van der Waals surface area contributed by atoms with Crippen molar-refractivity contribution in [1.29, 1.82) is 0 Å². The monoisotopic (exact) mass is 1700 g/mol. The van der Waals surface area contributed by atoms with Gasteiger partial charge in [0, 0.05) is 160 Å². The molecule has 3 saturated heterocycles. The molecular formula is C105H100N12O11. The smallest absolute Gasteiger partial charge is 0.250 e. The standard InChI is InChI=1S/C29H28N4O2.C26H21N3O3.C25H27N3O3.C25H24N2O3/c1-20-6-2-3-15-33(20)18-21-9-11-22(12-10-21)23-16-26-24(7-4-13-31-26)28(17-23)35-19-27-25(29(30)34)8-5-14-32-27;27-26(31)21-6-3-11-29-23(21)15-32-25-14-18(13-22-20(25)5-2-10-28-22)16-8-9-19-17(12-16)4-1-7-24(19)30;1-16(21-13-25(30)27-14-21)31-24-12-20(11-23-22(24)5-4-10-26-23)19-8-6-18(7-9-19)15-28(3)17(2)29;1-15(19-13-25(29)27-14-19)30-24-12-18(11-22-21(24)5-3-9-26-22)16-7-8-20-17(10-16)4-2-6-23(20)28/h4-5,7-14,16-17H,1-3,6,15,18-19H2,(H2,30,34);2-3,5-6,8-14H,1,4,7,15H2,(H2,27,31);4-12,16,21H,13-15H2,1-3H3,(H,27,30);3,5,7-12,15,19H,2,4,6,13-14H2,1H3,(H,27,29)/t;;16-,21-;15-,19-/m..11/s1. The van der Waals surface area contributed by atoms with Gasteiger partial charge in [0.25, 0.3) is 11.8 Å². The van der Waals surface area contributed by atoms with Gasteiger partial charge >= 0.3 is 0 Å². The van der Waals surface area contributed by atoms with Crippen molar-refractivity contribution in [2.75, 3.05) is 26.7 Å². The maximum atomic E-state index is 12.2. The predicted molar refractivity (Wildman–Crippen MR) is 495 cm³/mol. The van der Waals surface area contributed by atoms with Gasteiger partial charge in [0.2, 0.25) is 17.7 Å². The van der Waals surface area contributed by atoms with Crippen LogP contribution in [-0.4, -0.2) is 120 Å². The first-order chi connectivity index (χ1) is 62.2. The summed E-state index contributed by atoms with van der Waals surface area (Å²) in [6, 6.07) is 67.3. The number of ketones is 2. The van der Waals surface area contributed by atoms with Gasteiger partial charge in [-0.25, -0.2) is 0 Å². The number of hydrogen-bond acceptors (Lipinski definition) is 18. The highest BCUT2D eigenvalue weighted by Crippen LogP contribution is 2.40. The second-order valence-corrected chi connectivity index (χ2v) is 33.2. The number of nitrogens with zero attached hydrogens (tertiary/aromatic N) is 8. The van der Waals surface area contributed by atoms with Crippen molar-refractivity contribution in [2.24, 2.45) is 23.3 Å². The largest absolute Gasteiger partial charge is 0.490 e. The Morgan fingerprint density at radius 1 is 0.445 bits per heavy atom. The van der Waals surface area contributed by atoms with Gasteiger partial charge in [-0.15, -0.1) is 0 Å². The van der Waals surface area contributed by atoms with Gasteiger partial charge in [0.05, 0.1) is 44.6 Å². The number of hydrogen-bond donors (Lipinski definition) is 4. The molecule has 3 fully saturated rings. The summed E-state index contributed by atoms with van der Waals surface area (Å²) in [6.45, 7) is 13.9. The van der Waals surface area contributed by atoms with Crippen molar-refractivity contribution in [2.45, 2.75) is 130 Å². The van der Waals surface area contributed by atoms with Crippen LogP contribution in [0.5, 0.6) is 23.0 Å². The van der Waals surface area contributed by atoms with Gasteiger partial charge in [0.1, 0.15) is 48.4 Å². The number of Topliss-reactive ketones (excluding diaryl/α,β-unsaturated/α-hetero) is 2. The lowest BCUT2D eigenvalue weighted by atomic mass is 9.88. The maximum Gasteiger partial charge on any atom is 0.250 e. The van der Waals surface area contributed by atoms with E-state index in [1.807, 2.05) is 123 Å². The van der Waals surface area contributed by atoms with Crippen molar-refractivity contribution in [1.82, 2.24) is 50.3 Å². The van der Waals surface area contributed by atoms with Gasteiger partial charge in [-0.1, -0.05) is 91.5 Å². The van der Waals surface area contributed by atoms with Crippen LogP contribution in [0.2, 0.25) is 0 Å². The normalized spacial score (nSPS) is 15.6. The van der Waals surface area contributed by atoms with E-state index in [0.29, 0.717) is 79.3 Å². The van der Waals surface area contributed by atoms with Crippen LogP contribution in [0, 0.1) is 11.8 Å². The van der Waals surface area contributed by atoms with Gasteiger partial charge in [0.15, 0.2) is 11.6 Å². The zero-order valence-electron chi connectivity index (χ0n) is 72.1. The summed E-state index contributed by atoms with van der Waals surface area (Å²) in [5, 5.41) is 9.43. The van der Waals surface area contributed by atoms with E-state index in [2.05, 4.69) is 125 Å².